The van der Waals surface area contributed by atoms with E-state index in [1.54, 1.807) is 0 Å². The van der Waals surface area contributed by atoms with Crippen molar-refractivity contribution in [3.8, 4) is 0 Å². The zero-order chi connectivity index (χ0) is 9.10. The van der Waals surface area contributed by atoms with E-state index in [2.05, 4.69) is 15.5 Å². The molecule has 0 aromatic carbocycles. The highest BCUT2D eigenvalue weighted by Crippen LogP contribution is 2.11. The molecule has 4 heteroatoms. The Morgan fingerprint density at radius 3 is 3.08 bits per heavy atom. The summed E-state index contributed by atoms with van der Waals surface area (Å²) in [5, 5.41) is 7.22. The molecule has 0 radical (unpaired) electrons. The van der Waals surface area contributed by atoms with Crippen LogP contribution in [0.3, 0.4) is 0 Å². The maximum absolute atomic E-state index is 5.07. The lowest BCUT2D eigenvalue weighted by atomic mass is 10.0. The second-order valence-electron chi connectivity index (χ2n) is 3.59. The first-order chi connectivity index (χ1) is 6.34. The molecule has 72 valence electrons. The molecule has 0 amide bonds. The van der Waals surface area contributed by atoms with Crippen LogP contribution in [0.2, 0.25) is 0 Å². The highest BCUT2D eigenvalue weighted by Gasteiger charge is 2.15. The number of piperidine rings is 1. The van der Waals surface area contributed by atoms with Crippen LogP contribution in [-0.4, -0.2) is 22.7 Å². The van der Waals surface area contributed by atoms with Gasteiger partial charge in [0.25, 0.3) is 0 Å². The molecule has 0 spiro atoms. The SMILES string of the molecule is Cc1noc(C[C@H]2CCCCN2)n1. The molecule has 4 nitrogen and oxygen atoms in total. The van der Waals surface area contributed by atoms with Gasteiger partial charge in [-0.25, -0.2) is 0 Å². The van der Waals surface area contributed by atoms with Crippen LogP contribution >= 0.6 is 0 Å². The molecule has 1 fully saturated rings. The molecule has 1 atom stereocenters. The van der Waals surface area contributed by atoms with Crippen LogP contribution in [0.1, 0.15) is 31.0 Å². The van der Waals surface area contributed by atoms with Crippen molar-refractivity contribution >= 4 is 0 Å². The van der Waals surface area contributed by atoms with Crippen molar-refractivity contribution in [3.05, 3.63) is 11.7 Å². The van der Waals surface area contributed by atoms with Crippen LogP contribution in [0, 0.1) is 6.92 Å². The van der Waals surface area contributed by atoms with Crippen molar-refractivity contribution in [2.24, 2.45) is 0 Å². The lowest BCUT2D eigenvalue weighted by Crippen LogP contribution is -2.35. The zero-order valence-corrected chi connectivity index (χ0v) is 7.92. The van der Waals surface area contributed by atoms with Crippen molar-refractivity contribution in [3.63, 3.8) is 0 Å². The van der Waals surface area contributed by atoms with E-state index in [9.17, 15) is 0 Å². The molecule has 1 aromatic heterocycles. The summed E-state index contributed by atoms with van der Waals surface area (Å²) in [4.78, 5) is 4.19. The first kappa shape index (κ1) is 8.69. The topological polar surface area (TPSA) is 51.0 Å². The van der Waals surface area contributed by atoms with Gasteiger partial charge >= 0.3 is 0 Å². The number of hydrogen-bond acceptors (Lipinski definition) is 4. The van der Waals surface area contributed by atoms with Gasteiger partial charge < -0.3 is 9.84 Å². The van der Waals surface area contributed by atoms with E-state index in [0.717, 1.165) is 24.7 Å². The Kier molecular flexibility index (Phi) is 2.59. The lowest BCUT2D eigenvalue weighted by Gasteiger charge is -2.21. The number of nitrogens with one attached hydrogen (secondary N) is 1. The molecule has 2 heterocycles. The van der Waals surface area contributed by atoms with Crippen molar-refractivity contribution < 1.29 is 4.52 Å². The number of aryl methyl sites for hydroxylation is 1. The molecule has 1 aliphatic rings. The van der Waals surface area contributed by atoms with Crippen LogP contribution in [0.4, 0.5) is 0 Å². The van der Waals surface area contributed by atoms with Gasteiger partial charge in [-0.1, -0.05) is 11.6 Å². The van der Waals surface area contributed by atoms with Crippen LogP contribution in [-0.2, 0) is 6.42 Å². The summed E-state index contributed by atoms with van der Waals surface area (Å²) < 4.78 is 5.07. The molecule has 0 bridgehead atoms. The van der Waals surface area contributed by atoms with E-state index in [-0.39, 0.29) is 0 Å². The molecule has 1 N–H and O–H groups in total. The van der Waals surface area contributed by atoms with Crippen LogP contribution in [0.15, 0.2) is 4.52 Å². The van der Waals surface area contributed by atoms with Gasteiger partial charge in [-0.3, -0.25) is 0 Å². The van der Waals surface area contributed by atoms with Gasteiger partial charge in [-0.2, -0.15) is 4.98 Å². The Morgan fingerprint density at radius 2 is 2.46 bits per heavy atom. The van der Waals surface area contributed by atoms with Gasteiger partial charge in [0.05, 0.1) is 0 Å². The molecule has 2 rings (SSSR count). The molecular formula is C9H15N3O. The second-order valence-corrected chi connectivity index (χ2v) is 3.59. The Bertz CT molecular complexity index is 266. The van der Waals surface area contributed by atoms with Gasteiger partial charge in [0, 0.05) is 12.5 Å². The normalized spacial score (nSPS) is 23.3. The maximum Gasteiger partial charge on any atom is 0.228 e. The van der Waals surface area contributed by atoms with Crippen molar-refractivity contribution in [2.45, 2.75) is 38.6 Å². The van der Waals surface area contributed by atoms with E-state index in [0.29, 0.717) is 6.04 Å². The van der Waals surface area contributed by atoms with Crippen LogP contribution in [0.5, 0.6) is 0 Å². The number of hydrogen-bond donors (Lipinski definition) is 1. The monoisotopic (exact) mass is 181 g/mol. The summed E-state index contributed by atoms with van der Waals surface area (Å²) in [6.45, 7) is 2.97. The fourth-order valence-electron chi connectivity index (χ4n) is 1.73. The molecule has 0 saturated carbocycles. The Balaban J connectivity index is 1.89. The predicted octanol–water partition coefficient (Wildman–Crippen LogP) is 1.06. The summed E-state index contributed by atoms with van der Waals surface area (Å²) in [6.07, 6.45) is 4.70. The minimum atomic E-state index is 0.536. The molecule has 1 aromatic rings. The average molecular weight is 181 g/mol. The van der Waals surface area contributed by atoms with Crippen molar-refractivity contribution in [1.29, 1.82) is 0 Å². The van der Waals surface area contributed by atoms with Crippen molar-refractivity contribution in [1.82, 2.24) is 15.5 Å². The third-order valence-corrected chi connectivity index (χ3v) is 2.40. The summed E-state index contributed by atoms with van der Waals surface area (Å²) in [7, 11) is 0. The summed E-state index contributed by atoms with van der Waals surface area (Å²) in [6, 6.07) is 0.536. The van der Waals surface area contributed by atoms with Gasteiger partial charge in [-0.05, 0) is 26.3 Å². The predicted molar refractivity (Wildman–Crippen MR) is 48.4 cm³/mol. The standard InChI is InChI=1S/C9H15N3O/c1-7-11-9(13-12-7)6-8-4-2-3-5-10-8/h8,10H,2-6H2,1H3/t8-/m1/s1. The van der Waals surface area contributed by atoms with Gasteiger partial charge in [0.2, 0.25) is 5.89 Å². The Hall–Kier alpha value is -0.900. The Labute approximate surface area is 77.7 Å². The minimum Gasteiger partial charge on any atom is -0.339 e. The highest BCUT2D eigenvalue weighted by molar-refractivity contribution is 4.88. The van der Waals surface area contributed by atoms with E-state index in [1.165, 1.54) is 19.3 Å². The van der Waals surface area contributed by atoms with E-state index in [4.69, 9.17) is 4.52 Å². The highest BCUT2D eigenvalue weighted by atomic mass is 16.5. The number of nitrogens with zero attached hydrogens (tertiary/aromatic N) is 2. The third kappa shape index (κ3) is 2.28. The smallest absolute Gasteiger partial charge is 0.228 e. The fourth-order valence-corrected chi connectivity index (χ4v) is 1.73. The van der Waals surface area contributed by atoms with E-state index >= 15 is 0 Å². The molecule has 0 aliphatic carbocycles. The van der Waals surface area contributed by atoms with E-state index < -0.39 is 0 Å². The molecule has 1 saturated heterocycles. The first-order valence-electron chi connectivity index (χ1n) is 4.87. The van der Waals surface area contributed by atoms with E-state index in [1.807, 2.05) is 6.92 Å². The van der Waals surface area contributed by atoms with Gasteiger partial charge in [0.1, 0.15) is 0 Å². The van der Waals surface area contributed by atoms with Gasteiger partial charge in [0.15, 0.2) is 5.82 Å². The quantitative estimate of drug-likeness (QED) is 0.741. The minimum absolute atomic E-state index is 0.536. The summed E-state index contributed by atoms with van der Waals surface area (Å²) in [5.41, 5.74) is 0. The molecular weight excluding hydrogens is 166 g/mol. The van der Waals surface area contributed by atoms with Crippen molar-refractivity contribution in [2.75, 3.05) is 6.54 Å². The second kappa shape index (κ2) is 3.87. The van der Waals surface area contributed by atoms with Gasteiger partial charge in [-0.15, -0.1) is 0 Å². The maximum atomic E-state index is 5.07. The molecule has 1 aliphatic heterocycles. The fraction of sp³-hybridized carbons (Fsp3) is 0.778. The average Bonchev–Trinajstić information content (AvgIpc) is 2.53. The number of aromatic nitrogens is 2. The first-order valence-corrected chi connectivity index (χ1v) is 4.87. The summed E-state index contributed by atoms with van der Waals surface area (Å²) in [5.74, 6) is 1.49. The number of rotatable bonds is 2. The molecule has 13 heavy (non-hydrogen) atoms. The largest absolute Gasteiger partial charge is 0.339 e. The Morgan fingerprint density at radius 1 is 1.54 bits per heavy atom. The molecule has 0 unspecified atom stereocenters. The van der Waals surface area contributed by atoms with Crippen LogP contribution < -0.4 is 5.32 Å². The zero-order valence-electron chi connectivity index (χ0n) is 7.92. The van der Waals surface area contributed by atoms with Crippen LogP contribution in [0.25, 0.3) is 0 Å². The third-order valence-electron chi connectivity index (χ3n) is 2.40. The summed E-state index contributed by atoms with van der Waals surface area (Å²) >= 11 is 0. The lowest BCUT2D eigenvalue weighted by molar-refractivity contribution is 0.330.